The Morgan fingerprint density at radius 2 is 1.82 bits per heavy atom. The van der Waals surface area contributed by atoms with E-state index in [4.69, 9.17) is 16.3 Å². The molecule has 2 amide bonds. The summed E-state index contributed by atoms with van der Waals surface area (Å²) in [6.07, 6.45) is 1.39. The fourth-order valence-corrected chi connectivity index (χ4v) is 3.01. The lowest BCUT2D eigenvalue weighted by molar-refractivity contribution is -0.118. The second-order valence-electron chi connectivity index (χ2n) is 7.00. The van der Waals surface area contributed by atoms with Crippen molar-refractivity contribution in [2.45, 2.75) is 6.92 Å². The number of ether oxygens (including phenoxy) is 1. The maximum absolute atomic E-state index is 13.6. The number of hydrogen-bond acceptors (Lipinski definition) is 4. The number of benzene rings is 3. The largest absolute Gasteiger partial charge is 0.482 e. The molecule has 0 spiro atoms. The summed E-state index contributed by atoms with van der Waals surface area (Å²) < 4.78 is 19.0. The van der Waals surface area contributed by atoms with Crippen LogP contribution in [0.25, 0.3) is 6.08 Å². The zero-order valence-corrected chi connectivity index (χ0v) is 18.3. The lowest BCUT2D eigenvalue weighted by Crippen LogP contribution is -2.20. The van der Waals surface area contributed by atoms with Crippen LogP contribution in [0.5, 0.6) is 5.75 Å². The molecule has 0 heterocycles. The standard InChI is InChI=1S/C25H19ClFN3O3/c1-16-6-9-19(10-7-16)29-25(32)18(14-28)12-17-8-11-23(20(26)13-17)33-15-24(31)30-22-5-3-2-4-21(22)27/h2-13H,15H2,1H3,(H,29,32)(H,30,31)/b18-12-. The smallest absolute Gasteiger partial charge is 0.266 e. The van der Waals surface area contributed by atoms with E-state index in [-0.39, 0.29) is 28.6 Å². The molecule has 0 saturated carbocycles. The SMILES string of the molecule is Cc1ccc(NC(=O)/C(C#N)=C\c2ccc(OCC(=O)Nc3ccccc3F)c(Cl)c2)cc1. The number of amides is 2. The highest BCUT2D eigenvalue weighted by atomic mass is 35.5. The van der Waals surface area contributed by atoms with Gasteiger partial charge in [0, 0.05) is 5.69 Å². The first kappa shape index (κ1) is 23.5. The molecule has 0 aliphatic carbocycles. The minimum absolute atomic E-state index is 0.0469. The van der Waals surface area contributed by atoms with Gasteiger partial charge >= 0.3 is 0 Å². The average molecular weight is 464 g/mol. The number of aryl methyl sites for hydroxylation is 1. The van der Waals surface area contributed by atoms with Crippen LogP contribution in [0.4, 0.5) is 15.8 Å². The van der Waals surface area contributed by atoms with Gasteiger partial charge in [0.05, 0.1) is 10.7 Å². The normalized spacial score (nSPS) is 10.8. The maximum Gasteiger partial charge on any atom is 0.266 e. The Hall–Kier alpha value is -4.15. The summed E-state index contributed by atoms with van der Waals surface area (Å²) in [5, 5.41) is 14.6. The first-order valence-electron chi connectivity index (χ1n) is 9.82. The van der Waals surface area contributed by atoms with Gasteiger partial charge in [0.25, 0.3) is 11.8 Å². The lowest BCUT2D eigenvalue weighted by Gasteiger charge is -2.10. The second kappa shape index (κ2) is 10.9. The van der Waals surface area contributed by atoms with Crippen LogP contribution in [0.15, 0.2) is 72.3 Å². The summed E-state index contributed by atoms with van der Waals surface area (Å²) >= 11 is 6.22. The van der Waals surface area contributed by atoms with Crippen molar-refractivity contribution >= 4 is 40.9 Å². The van der Waals surface area contributed by atoms with Crippen molar-refractivity contribution in [2.24, 2.45) is 0 Å². The molecular weight excluding hydrogens is 445 g/mol. The number of para-hydroxylation sites is 1. The van der Waals surface area contributed by atoms with Crippen LogP contribution in [0.3, 0.4) is 0 Å². The highest BCUT2D eigenvalue weighted by Gasteiger charge is 2.12. The molecule has 6 nitrogen and oxygen atoms in total. The van der Waals surface area contributed by atoms with Crippen LogP contribution in [0.1, 0.15) is 11.1 Å². The van der Waals surface area contributed by atoms with Gasteiger partial charge in [-0.1, -0.05) is 47.5 Å². The number of nitrogens with zero attached hydrogens (tertiary/aromatic N) is 1. The molecule has 0 unspecified atom stereocenters. The third-order valence-electron chi connectivity index (χ3n) is 4.45. The Labute approximate surface area is 195 Å². The molecule has 0 aliphatic heterocycles. The van der Waals surface area contributed by atoms with Crippen molar-refractivity contribution in [3.8, 4) is 11.8 Å². The van der Waals surface area contributed by atoms with Gasteiger partial charge in [0.2, 0.25) is 0 Å². The Morgan fingerprint density at radius 1 is 1.09 bits per heavy atom. The Morgan fingerprint density at radius 3 is 2.48 bits per heavy atom. The molecule has 3 aromatic carbocycles. The van der Waals surface area contributed by atoms with Gasteiger partial charge in [-0.15, -0.1) is 0 Å². The van der Waals surface area contributed by atoms with Gasteiger partial charge in [0.1, 0.15) is 23.2 Å². The Kier molecular flexibility index (Phi) is 7.79. The van der Waals surface area contributed by atoms with Crippen molar-refractivity contribution in [3.63, 3.8) is 0 Å². The molecule has 0 aromatic heterocycles. The van der Waals surface area contributed by atoms with E-state index in [0.29, 0.717) is 11.3 Å². The van der Waals surface area contributed by atoms with Crippen LogP contribution >= 0.6 is 11.6 Å². The van der Waals surface area contributed by atoms with Crippen molar-refractivity contribution in [3.05, 3.63) is 94.3 Å². The summed E-state index contributed by atoms with van der Waals surface area (Å²) in [5.41, 5.74) is 2.06. The number of nitrogens with one attached hydrogen (secondary N) is 2. The van der Waals surface area contributed by atoms with Gasteiger partial charge < -0.3 is 15.4 Å². The van der Waals surface area contributed by atoms with Crippen LogP contribution in [0, 0.1) is 24.1 Å². The van der Waals surface area contributed by atoms with Crippen LogP contribution in [-0.2, 0) is 9.59 Å². The molecule has 0 fully saturated rings. The fraction of sp³-hybridized carbons (Fsp3) is 0.0800. The van der Waals surface area contributed by atoms with Crippen molar-refractivity contribution in [1.29, 1.82) is 5.26 Å². The van der Waals surface area contributed by atoms with Crippen LogP contribution in [-0.4, -0.2) is 18.4 Å². The molecule has 0 atom stereocenters. The molecule has 0 radical (unpaired) electrons. The number of hydrogen-bond donors (Lipinski definition) is 2. The number of rotatable bonds is 7. The summed E-state index contributed by atoms with van der Waals surface area (Å²) in [6.45, 7) is 1.55. The van der Waals surface area contributed by atoms with Gasteiger partial charge in [-0.25, -0.2) is 4.39 Å². The summed E-state index contributed by atoms with van der Waals surface area (Å²) in [7, 11) is 0. The highest BCUT2D eigenvalue weighted by Crippen LogP contribution is 2.27. The third kappa shape index (κ3) is 6.66. The van der Waals surface area contributed by atoms with E-state index in [9.17, 15) is 19.2 Å². The van der Waals surface area contributed by atoms with Gasteiger partial charge in [-0.05, 0) is 55.0 Å². The number of nitriles is 1. The number of halogens is 2. The molecule has 3 rings (SSSR count). The van der Waals surface area contributed by atoms with E-state index in [2.05, 4.69) is 10.6 Å². The summed E-state index contributed by atoms with van der Waals surface area (Å²) in [5.74, 6) is -1.44. The van der Waals surface area contributed by atoms with E-state index in [1.165, 1.54) is 36.4 Å². The first-order chi connectivity index (χ1) is 15.9. The van der Waals surface area contributed by atoms with Crippen LogP contribution < -0.4 is 15.4 Å². The van der Waals surface area contributed by atoms with E-state index in [1.54, 1.807) is 24.3 Å². The molecule has 33 heavy (non-hydrogen) atoms. The molecule has 8 heteroatoms. The maximum atomic E-state index is 13.6. The molecule has 0 bridgehead atoms. The van der Waals surface area contributed by atoms with E-state index in [0.717, 1.165) is 5.56 Å². The minimum Gasteiger partial charge on any atom is -0.482 e. The quantitative estimate of drug-likeness (QED) is 0.365. The monoisotopic (exact) mass is 463 g/mol. The molecule has 0 saturated heterocycles. The Bertz CT molecular complexity index is 1250. The van der Waals surface area contributed by atoms with E-state index < -0.39 is 17.6 Å². The highest BCUT2D eigenvalue weighted by molar-refractivity contribution is 6.32. The van der Waals surface area contributed by atoms with Crippen molar-refractivity contribution in [1.82, 2.24) is 0 Å². The molecule has 3 aromatic rings. The predicted octanol–water partition coefficient (Wildman–Crippen LogP) is 5.35. The van der Waals surface area contributed by atoms with Crippen molar-refractivity contribution in [2.75, 3.05) is 17.2 Å². The second-order valence-corrected chi connectivity index (χ2v) is 7.40. The third-order valence-corrected chi connectivity index (χ3v) is 4.74. The van der Waals surface area contributed by atoms with Crippen LogP contribution in [0.2, 0.25) is 5.02 Å². The average Bonchev–Trinajstić information content (AvgIpc) is 2.80. The minimum atomic E-state index is -0.556. The predicted molar refractivity (Wildman–Crippen MR) is 125 cm³/mol. The first-order valence-corrected chi connectivity index (χ1v) is 10.2. The topological polar surface area (TPSA) is 91.2 Å². The number of carbonyl (C=O) groups is 2. The zero-order valence-electron chi connectivity index (χ0n) is 17.6. The summed E-state index contributed by atoms with van der Waals surface area (Å²) in [4.78, 5) is 24.4. The lowest BCUT2D eigenvalue weighted by atomic mass is 10.1. The molecule has 166 valence electrons. The molecule has 2 N–H and O–H groups in total. The van der Waals surface area contributed by atoms with Gasteiger partial charge in [-0.2, -0.15) is 5.26 Å². The van der Waals surface area contributed by atoms with Gasteiger partial charge in [-0.3, -0.25) is 9.59 Å². The Balaban J connectivity index is 1.63. The number of carbonyl (C=O) groups excluding carboxylic acids is 2. The zero-order chi connectivity index (χ0) is 23.8. The van der Waals surface area contributed by atoms with Gasteiger partial charge in [0.15, 0.2) is 6.61 Å². The van der Waals surface area contributed by atoms with E-state index in [1.807, 2.05) is 25.1 Å². The fourth-order valence-electron chi connectivity index (χ4n) is 2.77. The van der Waals surface area contributed by atoms with E-state index >= 15 is 0 Å². The molecular formula is C25H19ClFN3O3. The number of anilines is 2. The van der Waals surface area contributed by atoms with Crippen molar-refractivity contribution < 1.29 is 18.7 Å². The summed E-state index contributed by atoms with van der Waals surface area (Å²) in [6, 6.07) is 19.4. The molecule has 0 aliphatic rings.